The first-order valence-electron chi connectivity index (χ1n) is 6.82. The van der Waals surface area contributed by atoms with E-state index in [2.05, 4.69) is 17.2 Å². The summed E-state index contributed by atoms with van der Waals surface area (Å²) in [6.07, 6.45) is 1.82. The lowest BCUT2D eigenvalue weighted by Gasteiger charge is -2.13. The quantitative estimate of drug-likeness (QED) is 0.813. The standard InChI is InChI=1S/C16H20FNO2/c1-3-13(4-2)16(20)18-15-9-8-12(11-14(15)17)7-5-6-10-19/h8-9,11,13,19H,3-4,6,10H2,1-2H3,(H,18,20). The average Bonchev–Trinajstić information content (AvgIpc) is 2.43. The molecule has 0 aromatic heterocycles. The fourth-order valence-corrected chi connectivity index (χ4v) is 1.81. The van der Waals surface area contributed by atoms with Gasteiger partial charge in [-0.3, -0.25) is 4.79 Å². The number of nitrogens with one attached hydrogen (secondary N) is 1. The van der Waals surface area contributed by atoms with Crippen molar-refractivity contribution in [2.75, 3.05) is 11.9 Å². The Morgan fingerprint density at radius 3 is 2.65 bits per heavy atom. The lowest BCUT2D eigenvalue weighted by Crippen LogP contribution is -2.22. The minimum Gasteiger partial charge on any atom is -0.395 e. The number of amides is 1. The maximum atomic E-state index is 13.9. The molecule has 4 heteroatoms. The zero-order valence-electron chi connectivity index (χ0n) is 11.9. The van der Waals surface area contributed by atoms with Gasteiger partial charge in [0.05, 0.1) is 12.3 Å². The molecule has 0 unspecified atom stereocenters. The van der Waals surface area contributed by atoms with Gasteiger partial charge in [0, 0.05) is 17.9 Å². The number of aliphatic hydroxyl groups is 1. The monoisotopic (exact) mass is 277 g/mol. The molecule has 0 saturated carbocycles. The molecular formula is C16H20FNO2. The predicted octanol–water partition coefficient (Wildman–Crippen LogP) is 2.93. The van der Waals surface area contributed by atoms with Crippen LogP contribution in [0.15, 0.2) is 18.2 Å². The molecule has 0 fully saturated rings. The maximum absolute atomic E-state index is 13.9. The number of anilines is 1. The molecule has 2 N–H and O–H groups in total. The third kappa shape index (κ3) is 4.67. The molecule has 1 aromatic rings. The smallest absolute Gasteiger partial charge is 0.227 e. The van der Waals surface area contributed by atoms with Crippen LogP contribution in [0.2, 0.25) is 0 Å². The molecule has 0 spiro atoms. The van der Waals surface area contributed by atoms with Crippen molar-refractivity contribution >= 4 is 11.6 Å². The van der Waals surface area contributed by atoms with Crippen LogP contribution in [0.3, 0.4) is 0 Å². The molecule has 1 amide bonds. The summed E-state index contributed by atoms with van der Waals surface area (Å²) >= 11 is 0. The molecule has 1 rings (SSSR count). The summed E-state index contributed by atoms with van der Waals surface area (Å²) in [4.78, 5) is 11.9. The molecule has 0 aliphatic carbocycles. The van der Waals surface area contributed by atoms with E-state index in [0.29, 0.717) is 12.0 Å². The first-order chi connectivity index (χ1) is 9.62. The van der Waals surface area contributed by atoms with Crippen LogP contribution >= 0.6 is 0 Å². The highest BCUT2D eigenvalue weighted by Gasteiger charge is 2.15. The minimum absolute atomic E-state index is 0.0148. The van der Waals surface area contributed by atoms with Crippen molar-refractivity contribution < 1.29 is 14.3 Å². The SMILES string of the molecule is CCC(CC)C(=O)Nc1ccc(C#CCCO)cc1F. The zero-order valence-corrected chi connectivity index (χ0v) is 11.9. The van der Waals surface area contributed by atoms with Crippen molar-refractivity contribution in [2.24, 2.45) is 5.92 Å². The number of carbonyl (C=O) groups is 1. The van der Waals surface area contributed by atoms with Crippen LogP contribution in [0.25, 0.3) is 0 Å². The van der Waals surface area contributed by atoms with Crippen molar-refractivity contribution in [1.82, 2.24) is 0 Å². The molecule has 20 heavy (non-hydrogen) atoms. The molecule has 0 atom stereocenters. The Morgan fingerprint density at radius 1 is 1.40 bits per heavy atom. The summed E-state index contributed by atoms with van der Waals surface area (Å²) in [7, 11) is 0. The lowest BCUT2D eigenvalue weighted by atomic mass is 10.0. The second-order valence-electron chi connectivity index (χ2n) is 4.47. The van der Waals surface area contributed by atoms with Crippen LogP contribution in [0.1, 0.15) is 38.7 Å². The van der Waals surface area contributed by atoms with Crippen LogP contribution in [-0.2, 0) is 4.79 Å². The number of halogens is 1. The Balaban J connectivity index is 2.79. The first-order valence-corrected chi connectivity index (χ1v) is 6.82. The highest BCUT2D eigenvalue weighted by Crippen LogP contribution is 2.18. The lowest BCUT2D eigenvalue weighted by molar-refractivity contribution is -0.120. The van der Waals surface area contributed by atoms with E-state index in [4.69, 9.17) is 5.11 Å². The Labute approximate surface area is 119 Å². The van der Waals surface area contributed by atoms with Crippen LogP contribution in [0.4, 0.5) is 10.1 Å². The molecule has 0 radical (unpaired) electrons. The molecule has 0 bridgehead atoms. The Hall–Kier alpha value is -1.86. The molecular weight excluding hydrogens is 257 g/mol. The van der Waals surface area contributed by atoms with E-state index in [1.807, 2.05) is 13.8 Å². The third-order valence-electron chi connectivity index (χ3n) is 3.05. The first kappa shape index (κ1) is 16.2. The summed E-state index contributed by atoms with van der Waals surface area (Å²) in [5.74, 6) is 4.71. The van der Waals surface area contributed by atoms with Crippen molar-refractivity contribution in [3.8, 4) is 11.8 Å². The van der Waals surface area contributed by atoms with Gasteiger partial charge in [-0.05, 0) is 31.0 Å². The number of carbonyl (C=O) groups excluding carboxylic acids is 1. The van der Waals surface area contributed by atoms with Crippen LogP contribution < -0.4 is 5.32 Å². The fourth-order valence-electron chi connectivity index (χ4n) is 1.81. The topological polar surface area (TPSA) is 49.3 Å². The largest absolute Gasteiger partial charge is 0.395 e. The normalized spacial score (nSPS) is 10.1. The second-order valence-corrected chi connectivity index (χ2v) is 4.47. The van der Waals surface area contributed by atoms with E-state index >= 15 is 0 Å². The minimum atomic E-state index is -0.500. The number of hydrogen-bond acceptors (Lipinski definition) is 2. The molecule has 0 saturated heterocycles. The van der Waals surface area contributed by atoms with Gasteiger partial charge in [0.2, 0.25) is 5.91 Å². The molecule has 3 nitrogen and oxygen atoms in total. The number of hydrogen-bond donors (Lipinski definition) is 2. The number of benzene rings is 1. The van der Waals surface area contributed by atoms with Crippen LogP contribution in [0, 0.1) is 23.6 Å². The van der Waals surface area contributed by atoms with Crippen molar-refractivity contribution in [2.45, 2.75) is 33.1 Å². The van der Waals surface area contributed by atoms with Gasteiger partial charge in [-0.2, -0.15) is 0 Å². The van der Waals surface area contributed by atoms with Gasteiger partial charge in [0.25, 0.3) is 0 Å². The Morgan fingerprint density at radius 2 is 2.10 bits per heavy atom. The van der Waals surface area contributed by atoms with E-state index in [1.165, 1.54) is 12.1 Å². The predicted molar refractivity (Wildman–Crippen MR) is 77.7 cm³/mol. The molecule has 0 heterocycles. The van der Waals surface area contributed by atoms with Crippen molar-refractivity contribution in [3.05, 3.63) is 29.6 Å². The van der Waals surface area contributed by atoms with Gasteiger partial charge in [-0.15, -0.1) is 0 Å². The van der Waals surface area contributed by atoms with Crippen molar-refractivity contribution in [1.29, 1.82) is 0 Å². The Kier molecular flexibility index (Phi) is 6.75. The molecule has 0 aliphatic heterocycles. The van der Waals surface area contributed by atoms with Gasteiger partial charge in [0.1, 0.15) is 5.82 Å². The second kappa shape index (κ2) is 8.34. The van der Waals surface area contributed by atoms with Crippen LogP contribution in [-0.4, -0.2) is 17.6 Å². The van der Waals surface area contributed by atoms with E-state index in [0.717, 1.165) is 12.8 Å². The summed E-state index contributed by atoms with van der Waals surface area (Å²) in [6, 6.07) is 4.45. The molecule has 1 aromatic carbocycles. The highest BCUT2D eigenvalue weighted by molar-refractivity contribution is 5.92. The van der Waals surface area contributed by atoms with Gasteiger partial charge < -0.3 is 10.4 Å². The molecule has 108 valence electrons. The third-order valence-corrected chi connectivity index (χ3v) is 3.05. The molecule has 0 aliphatic rings. The summed E-state index contributed by atoms with van der Waals surface area (Å²) < 4.78 is 13.9. The number of aliphatic hydroxyl groups excluding tert-OH is 1. The van der Waals surface area contributed by atoms with E-state index in [1.54, 1.807) is 6.07 Å². The highest BCUT2D eigenvalue weighted by atomic mass is 19.1. The van der Waals surface area contributed by atoms with Crippen LogP contribution in [0.5, 0.6) is 0 Å². The maximum Gasteiger partial charge on any atom is 0.227 e. The summed E-state index contributed by atoms with van der Waals surface area (Å²) in [5, 5.41) is 11.2. The zero-order chi connectivity index (χ0) is 15.0. The summed E-state index contributed by atoms with van der Waals surface area (Å²) in [5.41, 5.74) is 0.700. The van der Waals surface area contributed by atoms with E-state index < -0.39 is 5.82 Å². The van der Waals surface area contributed by atoms with Gasteiger partial charge in [-0.1, -0.05) is 25.7 Å². The Bertz CT molecular complexity index is 513. The van der Waals surface area contributed by atoms with Gasteiger partial charge >= 0.3 is 0 Å². The van der Waals surface area contributed by atoms with Gasteiger partial charge in [-0.25, -0.2) is 4.39 Å². The summed E-state index contributed by atoms with van der Waals surface area (Å²) in [6.45, 7) is 3.85. The van der Waals surface area contributed by atoms with E-state index in [9.17, 15) is 9.18 Å². The van der Waals surface area contributed by atoms with E-state index in [-0.39, 0.29) is 24.1 Å². The number of rotatable bonds is 5. The fraction of sp³-hybridized carbons (Fsp3) is 0.438. The average molecular weight is 277 g/mol. The van der Waals surface area contributed by atoms with Crippen molar-refractivity contribution in [3.63, 3.8) is 0 Å². The van der Waals surface area contributed by atoms with Gasteiger partial charge in [0.15, 0.2) is 0 Å².